The number of H-pyrrole nitrogens is 1. The number of pyridine rings is 1. The third-order valence-corrected chi connectivity index (χ3v) is 6.89. The van der Waals surface area contributed by atoms with Crippen LogP contribution < -0.4 is 0 Å². The number of aromatic amines is 1. The van der Waals surface area contributed by atoms with Crippen molar-refractivity contribution in [2.24, 2.45) is 5.41 Å². The Hall–Kier alpha value is -2.76. The number of para-hydroxylation sites is 1. The molecule has 1 atom stereocenters. The standard InChI is InChI=1S/C22H23N5O/c28-21(18-9-8-14-4-1-2-5-17(14)23-18)27-12-16(22(13-27)10-3-11-22)20-24-19(25-26-20)15-6-7-15/h1-2,4-5,8-9,15-16H,3,6-7,10-13H2,(H,24,25,26). The maximum absolute atomic E-state index is 13.2. The molecule has 3 aliphatic rings. The molecule has 0 radical (unpaired) electrons. The third-order valence-electron chi connectivity index (χ3n) is 6.89. The van der Waals surface area contributed by atoms with Gasteiger partial charge in [0.1, 0.15) is 11.5 Å². The number of hydrogen-bond donors (Lipinski definition) is 1. The van der Waals surface area contributed by atoms with Gasteiger partial charge in [0.25, 0.3) is 5.91 Å². The van der Waals surface area contributed by atoms with E-state index >= 15 is 0 Å². The summed E-state index contributed by atoms with van der Waals surface area (Å²) in [6, 6.07) is 11.8. The molecule has 1 aromatic carbocycles. The molecule has 2 aliphatic carbocycles. The first-order chi connectivity index (χ1) is 13.7. The molecule has 1 amide bonds. The lowest BCUT2D eigenvalue weighted by molar-refractivity contribution is 0.0719. The molecular formula is C22H23N5O. The number of nitrogens with zero attached hydrogens (tertiary/aromatic N) is 4. The fourth-order valence-electron chi connectivity index (χ4n) is 4.95. The number of carbonyl (C=O) groups is 1. The van der Waals surface area contributed by atoms with Crippen LogP contribution in [0.3, 0.4) is 0 Å². The topological polar surface area (TPSA) is 74.8 Å². The molecule has 0 bridgehead atoms. The largest absolute Gasteiger partial charge is 0.336 e. The molecule has 1 N–H and O–H groups in total. The van der Waals surface area contributed by atoms with Gasteiger partial charge in [0.2, 0.25) is 0 Å². The van der Waals surface area contributed by atoms with Crippen molar-refractivity contribution in [3.8, 4) is 0 Å². The van der Waals surface area contributed by atoms with Crippen molar-refractivity contribution in [2.45, 2.75) is 43.9 Å². The van der Waals surface area contributed by atoms with Crippen molar-refractivity contribution < 1.29 is 4.79 Å². The third kappa shape index (κ3) is 2.47. The van der Waals surface area contributed by atoms with E-state index in [1.807, 2.05) is 41.3 Å². The molecule has 142 valence electrons. The summed E-state index contributed by atoms with van der Waals surface area (Å²) in [7, 11) is 0. The number of nitrogens with one attached hydrogen (secondary N) is 1. The first-order valence-electron chi connectivity index (χ1n) is 10.3. The number of likely N-dealkylation sites (tertiary alicyclic amines) is 1. The van der Waals surface area contributed by atoms with E-state index < -0.39 is 0 Å². The lowest BCUT2D eigenvalue weighted by Crippen LogP contribution is -2.38. The molecule has 3 aromatic rings. The smallest absolute Gasteiger partial charge is 0.272 e. The summed E-state index contributed by atoms with van der Waals surface area (Å²) >= 11 is 0. The number of rotatable bonds is 3. The van der Waals surface area contributed by atoms with E-state index in [-0.39, 0.29) is 17.2 Å². The van der Waals surface area contributed by atoms with Gasteiger partial charge in [-0.25, -0.2) is 9.97 Å². The fraction of sp³-hybridized carbons (Fsp3) is 0.455. The molecule has 2 aromatic heterocycles. The van der Waals surface area contributed by atoms with Gasteiger partial charge in [-0.1, -0.05) is 30.7 Å². The van der Waals surface area contributed by atoms with E-state index in [4.69, 9.17) is 4.98 Å². The Bertz CT molecular complexity index is 1070. The molecule has 1 unspecified atom stereocenters. The van der Waals surface area contributed by atoms with Crippen molar-refractivity contribution in [1.82, 2.24) is 25.1 Å². The summed E-state index contributed by atoms with van der Waals surface area (Å²) in [5, 5.41) is 8.72. The average molecular weight is 373 g/mol. The monoisotopic (exact) mass is 373 g/mol. The minimum atomic E-state index is 0.0291. The van der Waals surface area contributed by atoms with Crippen LogP contribution in [-0.2, 0) is 0 Å². The molecule has 2 saturated carbocycles. The maximum atomic E-state index is 13.2. The number of fused-ring (bicyclic) bond motifs is 1. The van der Waals surface area contributed by atoms with E-state index in [9.17, 15) is 4.79 Å². The summed E-state index contributed by atoms with van der Waals surface area (Å²) in [5.74, 6) is 2.77. The Labute approximate surface area is 163 Å². The van der Waals surface area contributed by atoms with Gasteiger partial charge in [0, 0.05) is 30.3 Å². The van der Waals surface area contributed by atoms with E-state index in [1.165, 1.54) is 19.3 Å². The lowest BCUT2D eigenvalue weighted by atomic mass is 9.62. The van der Waals surface area contributed by atoms with Crippen LogP contribution in [0.15, 0.2) is 36.4 Å². The van der Waals surface area contributed by atoms with Crippen LogP contribution in [0, 0.1) is 5.41 Å². The molecular weight excluding hydrogens is 350 g/mol. The lowest BCUT2D eigenvalue weighted by Gasteiger charge is -2.41. The zero-order valence-electron chi connectivity index (χ0n) is 15.8. The molecule has 3 heterocycles. The molecule has 1 aliphatic heterocycles. The van der Waals surface area contributed by atoms with Crippen molar-refractivity contribution in [1.29, 1.82) is 0 Å². The van der Waals surface area contributed by atoms with Gasteiger partial charge in [-0.05, 0) is 43.2 Å². The van der Waals surface area contributed by atoms with E-state index in [0.717, 1.165) is 41.9 Å². The fourth-order valence-corrected chi connectivity index (χ4v) is 4.95. The number of benzene rings is 1. The normalized spacial score (nSPS) is 23.3. The number of carbonyl (C=O) groups excluding carboxylic acids is 1. The Balaban J connectivity index is 1.29. The van der Waals surface area contributed by atoms with Crippen LogP contribution >= 0.6 is 0 Å². The number of amides is 1. The summed E-state index contributed by atoms with van der Waals surface area (Å²) < 4.78 is 0. The Morgan fingerprint density at radius 2 is 1.96 bits per heavy atom. The number of hydrogen-bond acceptors (Lipinski definition) is 4. The maximum Gasteiger partial charge on any atom is 0.272 e. The molecule has 1 saturated heterocycles. The zero-order valence-corrected chi connectivity index (χ0v) is 15.8. The summed E-state index contributed by atoms with van der Waals surface area (Å²) in [5.41, 5.74) is 1.56. The Kier molecular flexibility index (Phi) is 3.40. The van der Waals surface area contributed by atoms with Crippen LogP contribution in [0.2, 0.25) is 0 Å². The zero-order chi connectivity index (χ0) is 18.7. The second-order valence-corrected chi connectivity index (χ2v) is 8.70. The molecule has 6 rings (SSSR count). The molecule has 3 fully saturated rings. The van der Waals surface area contributed by atoms with Gasteiger partial charge >= 0.3 is 0 Å². The van der Waals surface area contributed by atoms with Crippen molar-refractivity contribution in [2.75, 3.05) is 13.1 Å². The highest BCUT2D eigenvalue weighted by molar-refractivity contribution is 5.95. The molecule has 1 spiro atoms. The van der Waals surface area contributed by atoms with Crippen LogP contribution in [0.4, 0.5) is 0 Å². The van der Waals surface area contributed by atoms with Crippen LogP contribution in [0.1, 0.15) is 66.1 Å². The molecule has 28 heavy (non-hydrogen) atoms. The second kappa shape index (κ2) is 5.87. The summed E-state index contributed by atoms with van der Waals surface area (Å²) in [6.07, 6.45) is 5.95. The highest BCUT2D eigenvalue weighted by atomic mass is 16.2. The van der Waals surface area contributed by atoms with Gasteiger partial charge in [0.15, 0.2) is 5.82 Å². The first-order valence-corrected chi connectivity index (χ1v) is 10.3. The van der Waals surface area contributed by atoms with Crippen LogP contribution in [0.5, 0.6) is 0 Å². The predicted molar refractivity (Wildman–Crippen MR) is 105 cm³/mol. The molecule has 6 nitrogen and oxygen atoms in total. The first kappa shape index (κ1) is 16.2. The summed E-state index contributed by atoms with van der Waals surface area (Å²) in [4.78, 5) is 24.7. The summed E-state index contributed by atoms with van der Waals surface area (Å²) in [6.45, 7) is 1.50. The van der Waals surface area contributed by atoms with Crippen molar-refractivity contribution in [3.63, 3.8) is 0 Å². The van der Waals surface area contributed by atoms with Gasteiger partial charge in [-0.3, -0.25) is 9.89 Å². The minimum Gasteiger partial charge on any atom is -0.336 e. The van der Waals surface area contributed by atoms with Crippen LogP contribution in [-0.4, -0.2) is 44.1 Å². The minimum absolute atomic E-state index is 0.0291. The van der Waals surface area contributed by atoms with E-state index in [0.29, 0.717) is 18.2 Å². The van der Waals surface area contributed by atoms with Crippen LogP contribution in [0.25, 0.3) is 10.9 Å². The Morgan fingerprint density at radius 3 is 2.75 bits per heavy atom. The van der Waals surface area contributed by atoms with Gasteiger partial charge in [-0.15, -0.1) is 0 Å². The Morgan fingerprint density at radius 1 is 1.11 bits per heavy atom. The van der Waals surface area contributed by atoms with Gasteiger partial charge in [0.05, 0.1) is 5.52 Å². The quantitative estimate of drug-likeness (QED) is 0.761. The van der Waals surface area contributed by atoms with E-state index in [1.54, 1.807) is 0 Å². The van der Waals surface area contributed by atoms with Crippen molar-refractivity contribution >= 4 is 16.8 Å². The number of aromatic nitrogens is 4. The van der Waals surface area contributed by atoms with Crippen molar-refractivity contribution in [3.05, 3.63) is 53.7 Å². The molecule has 6 heteroatoms. The highest BCUT2D eigenvalue weighted by Crippen LogP contribution is 2.55. The SMILES string of the molecule is O=C(c1ccc2ccccc2n1)N1CC(c2nc(C3CC3)n[nH]2)C2(CCC2)C1. The highest BCUT2D eigenvalue weighted by Gasteiger charge is 2.53. The van der Waals surface area contributed by atoms with E-state index in [2.05, 4.69) is 15.2 Å². The predicted octanol–water partition coefficient (Wildman–Crippen LogP) is 3.64. The second-order valence-electron chi connectivity index (χ2n) is 8.70. The van der Waals surface area contributed by atoms with Gasteiger partial charge in [-0.2, -0.15) is 5.10 Å². The van der Waals surface area contributed by atoms with Gasteiger partial charge < -0.3 is 4.90 Å². The average Bonchev–Trinajstić information content (AvgIpc) is 3.28.